The molecule has 98 valence electrons. The maximum atomic E-state index is 11.0. The quantitative estimate of drug-likeness (QED) is 0.705. The van der Waals surface area contributed by atoms with Crippen LogP contribution in [0.2, 0.25) is 0 Å². The van der Waals surface area contributed by atoms with Crippen LogP contribution in [-0.4, -0.2) is 47.1 Å². The first-order valence-corrected chi connectivity index (χ1v) is 6.26. The molecule has 1 aromatic heterocycles. The van der Waals surface area contributed by atoms with E-state index in [0.29, 0.717) is 12.2 Å². The predicted octanol–water partition coefficient (Wildman–Crippen LogP) is 0.964. The topological polar surface area (TPSA) is 65.5 Å². The fourth-order valence-corrected chi connectivity index (χ4v) is 1.93. The Kier molecular flexibility index (Phi) is 4.28. The van der Waals surface area contributed by atoms with Crippen molar-refractivity contribution in [3.05, 3.63) is 29.6 Å². The van der Waals surface area contributed by atoms with Crippen LogP contribution in [0, 0.1) is 0 Å². The Morgan fingerprint density at radius 3 is 3.06 bits per heavy atom. The molecular weight excluding hydrogens is 230 g/mol. The zero-order chi connectivity index (χ0) is 13.0. The predicted molar refractivity (Wildman–Crippen MR) is 68.6 cm³/mol. The molecule has 5 heteroatoms. The average Bonchev–Trinajstić information content (AvgIpc) is 3.19. The number of pyridine rings is 1. The Labute approximate surface area is 107 Å². The third-order valence-electron chi connectivity index (χ3n) is 3.22. The standard InChI is InChI=1S/C13H19N3O2/c1-16(10-4-5-10)8-7-14-9-12-11(13(17)18)3-2-6-15-12/h2-3,6,10,14H,4-5,7-9H2,1H3,(H,17,18). The summed E-state index contributed by atoms with van der Waals surface area (Å²) in [5, 5.41) is 12.3. The van der Waals surface area contributed by atoms with Gasteiger partial charge in [0.2, 0.25) is 0 Å². The van der Waals surface area contributed by atoms with Gasteiger partial charge in [-0.1, -0.05) is 0 Å². The van der Waals surface area contributed by atoms with E-state index < -0.39 is 5.97 Å². The highest BCUT2D eigenvalue weighted by molar-refractivity contribution is 5.88. The number of likely N-dealkylation sites (N-methyl/N-ethyl adjacent to an activating group) is 1. The minimum absolute atomic E-state index is 0.278. The Balaban J connectivity index is 1.77. The molecule has 2 N–H and O–H groups in total. The first kappa shape index (κ1) is 13.0. The van der Waals surface area contributed by atoms with E-state index in [1.807, 2.05) is 0 Å². The molecule has 0 saturated heterocycles. The third-order valence-corrected chi connectivity index (χ3v) is 3.22. The first-order chi connectivity index (χ1) is 8.68. The molecule has 1 aliphatic carbocycles. The maximum absolute atomic E-state index is 11.0. The van der Waals surface area contributed by atoms with Crippen LogP contribution in [0.4, 0.5) is 0 Å². The molecule has 1 heterocycles. The second-order valence-corrected chi connectivity index (χ2v) is 4.69. The summed E-state index contributed by atoms with van der Waals surface area (Å²) in [4.78, 5) is 17.4. The largest absolute Gasteiger partial charge is 0.478 e. The molecule has 0 aliphatic heterocycles. The van der Waals surface area contributed by atoms with Crippen molar-refractivity contribution in [2.24, 2.45) is 0 Å². The number of nitrogens with zero attached hydrogens (tertiary/aromatic N) is 2. The number of aromatic carboxylic acids is 1. The number of carboxylic acids is 1. The van der Waals surface area contributed by atoms with E-state index in [9.17, 15) is 4.79 Å². The van der Waals surface area contributed by atoms with Gasteiger partial charge in [-0.25, -0.2) is 4.79 Å². The summed E-state index contributed by atoms with van der Waals surface area (Å²) in [5.74, 6) is -0.921. The van der Waals surface area contributed by atoms with Crippen molar-refractivity contribution in [3.63, 3.8) is 0 Å². The highest BCUT2D eigenvalue weighted by Gasteiger charge is 2.25. The lowest BCUT2D eigenvalue weighted by molar-refractivity contribution is 0.0695. The van der Waals surface area contributed by atoms with Crippen molar-refractivity contribution in [2.75, 3.05) is 20.1 Å². The number of hydrogen-bond acceptors (Lipinski definition) is 4. The molecule has 0 amide bonds. The van der Waals surface area contributed by atoms with Gasteiger partial charge >= 0.3 is 5.97 Å². The summed E-state index contributed by atoms with van der Waals surface area (Å²) >= 11 is 0. The van der Waals surface area contributed by atoms with Crippen molar-refractivity contribution < 1.29 is 9.90 Å². The van der Waals surface area contributed by atoms with Crippen LogP contribution >= 0.6 is 0 Å². The molecular formula is C13H19N3O2. The molecule has 0 aromatic carbocycles. The van der Waals surface area contributed by atoms with Gasteiger partial charge in [-0.3, -0.25) is 4.98 Å². The molecule has 2 rings (SSSR count). The van der Waals surface area contributed by atoms with Crippen LogP contribution in [-0.2, 0) is 6.54 Å². The number of rotatable bonds is 7. The van der Waals surface area contributed by atoms with Gasteiger partial charge < -0.3 is 15.3 Å². The van der Waals surface area contributed by atoms with Crippen LogP contribution in [0.15, 0.2) is 18.3 Å². The molecule has 1 saturated carbocycles. The Morgan fingerprint density at radius 1 is 1.61 bits per heavy atom. The van der Waals surface area contributed by atoms with Gasteiger partial charge in [0.1, 0.15) is 0 Å². The highest BCUT2D eigenvalue weighted by Crippen LogP contribution is 2.24. The fourth-order valence-electron chi connectivity index (χ4n) is 1.93. The van der Waals surface area contributed by atoms with E-state index in [1.165, 1.54) is 12.8 Å². The van der Waals surface area contributed by atoms with E-state index >= 15 is 0 Å². The Morgan fingerprint density at radius 2 is 2.39 bits per heavy atom. The van der Waals surface area contributed by atoms with Crippen LogP contribution in [0.3, 0.4) is 0 Å². The molecule has 0 unspecified atom stereocenters. The highest BCUT2D eigenvalue weighted by atomic mass is 16.4. The lowest BCUT2D eigenvalue weighted by Crippen LogP contribution is -2.30. The molecule has 0 radical (unpaired) electrons. The SMILES string of the molecule is CN(CCNCc1ncccc1C(=O)O)C1CC1. The first-order valence-electron chi connectivity index (χ1n) is 6.26. The molecule has 1 fully saturated rings. The van der Waals surface area contributed by atoms with Crippen molar-refractivity contribution in [3.8, 4) is 0 Å². The maximum Gasteiger partial charge on any atom is 0.337 e. The van der Waals surface area contributed by atoms with Crippen LogP contribution in [0.25, 0.3) is 0 Å². The number of aromatic nitrogens is 1. The molecule has 0 atom stereocenters. The smallest absolute Gasteiger partial charge is 0.337 e. The fraction of sp³-hybridized carbons (Fsp3) is 0.538. The second kappa shape index (κ2) is 5.93. The van der Waals surface area contributed by atoms with E-state index in [2.05, 4.69) is 22.2 Å². The molecule has 18 heavy (non-hydrogen) atoms. The monoisotopic (exact) mass is 249 g/mol. The molecule has 1 aromatic rings. The summed E-state index contributed by atoms with van der Waals surface area (Å²) in [6.07, 6.45) is 4.24. The zero-order valence-electron chi connectivity index (χ0n) is 10.6. The summed E-state index contributed by atoms with van der Waals surface area (Å²) in [6, 6.07) is 3.99. The minimum Gasteiger partial charge on any atom is -0.478 e. The Bertz CT molecular complexity index is 418. The molecule has 0 bridgehead atoms. The number of hydrogen-bond donors (Lipinski definition) is 2. The van der Waals surface area contributed by atoms with Crippen molar-refractivity contribution >= 4 is 5.97 Å². The van der Waals surface area contributed by atoms with E-state index in [0.717, 1.165) is 19.1 Å². The van der Waals surface area contributed by atoms with E-state index in [4.69, 9.17) is 5.11 Å². The van der Waals surface area contributed by atoms with Gasteiger partial charge in [0, 0.05) is 31.9 Å². The van der Waals surface area contributed by atoms with Gasteiger partial charge in [-0.15, -0.1) is 0 Å². The number of carboxylic acid groups (broad SMARTS) is 1. The van der Waals surface area contributed by atoms with Gasteiger partial charge in [0.05, 0.1) is 11.3 Å². The van der Waals surface area contributed by atoms with Gasteiger partial charge in [0.15, 0.2) is 0 Å². The summed E-state index contributed by atoms with van der Waals surface area (Å²) < 4.78 is 0. The van der Waals surface area contributed by atoms with Crippen molar-refractivity contribution in [1.29, 1.82) is 0 Å². The third kappa shape index (κ3) is 3.51. The Hall–Kier alpha value is -1.46. The van der Waals surface area contributed by atoms with Crippen molar-refractivity contribution in [2.45, 2.75) is 25.4 Å². The zero-order valence-corrected chi connectivity index (χ0v) is 10.6. The van der Waals surface area contributed by atoms with Crippen LogP contribution < -0.4 is 5.32 Å². The summed E-state index contributed by atoms with van der Waals surface area (Å²) in [5.41, 5.74) is 0.875. The lowest BCUT2D eigenvalue weighted by Gasteiger charge is -2.15. The van der Waals surface area contributed by atoms with E-state index in [1.54, 1.807) is 18.3 Å². The minimum atomic E-state index is -0.921. The molecule has 1 aliphatic rings. The average molecular weight is 249 g/mol. The molecule has 0 spiro atoms. The number of nitrogens with one attached hydrogen (secondary N) is 1. The summed E-state index contributed by atoms with van der Waals surface area (Å²) in [7, 11) is 2.13. The summed E-state index contributed by atoms with van der Waals surface area (Å²) in [6.45, 7) is 2.34. The normalized spacial score (nSPS) is 15.0. The van der Waals surface area contributed by atoms with Gasteiger partial charge in [0.25, 0.3) is 0 Å². The van der Waals surface area contributed by atoms with Gasteiger partial charge in [-0.2, -0.15) is 0 Å². The molecule has 5 nitrogen and oxygen atoms in total. The van der Waals surface area contributed by atoms with Crippen LogP contribution in [0.1, 0.15) is 28.9 Å². The second-order valence-electron chi connectivity index (χ2n) is 4.69. The van der Waals surface area contributed by atoms with E-state index in [-0.39, 0.29) is 5.56 Å². The van der Waals surface area contributed by atoms with Crippen molar-refractivity contribution in [1.82, 2.24) is 15.2 Å². The number of carbonyl (C=O) groups is 1. The lowest BCUT2D eigenvalue weighted by atomic mass is 10.2. The van der Waals surface area contributed by atoms with Crippen LogP contribution in [0.5, 0.6) is 0 Å². The van der Waals surface area contributed by atoms with Gasteiger partial charge in [-0.05, 0) is 32.0 Å².